The summed E-state index contributed by atoms with van der Waals surface area (Å²) in [5.74, 6) is 0.521. The van der Waals surface area contributed by atoms with Crippen molar-refractivity contribution in [3.8, 4) is 5.75 Å². The minimum absolute atomic E-state index is 0. The molecule has 2 rings (SSSR count). The first-order chi connectivity index (χ1) is 6.75. The summed E-state index contributed by atoms with van der Waals surface area (Å²) in [6, 6.07) is 5.55. The first-order valence-corrected chi connectivity index (χ1v) is 4.92. The van der Waals surface area contributed by atoms with Gasteiger partial charge in [-0.25, -0.2) is 4.99 Å². The standard InChI is InChI=1S/C9H8Cl2N2O.ClH/c10-6-1-2-7(11)8(5-6)14-9-12-3-4-13-9;/h1-2,5H,3-4H2,(H,12,13);1H. The van der Waals surface area contributed by atoms with E-state index in [0.717, 1.165) is 13.1 Å². The van der Waals surface area contributed by atoms with Gasteiger partial charge in [-0.05, 0) is 12.1 Å². The third-order valence-electron chi connectivity index (χ3n) is 1.74. The van der Waals surface area contributed by atoms with Gasteiger partial charge in [0.1, 0.15) is 0 Å². The van der Waals surface area contributed by atoms with Gasteiger partial charge in [-0.1, -0.05) is 23.2 Å². The number of ether oxygens (including phenoxy) is 1. The van der Waals surface area contributed by atoms with Crippen molar-refractivity contribution in [3.63, 3.8) is 0 Å². The number of hydrogen-bond donors (Lipinski definition) is 1. The van der Waals surface area contributed by atoms with E-state index in [-0.39, 0.29) is 12.4 Å². The van der Waals surface area contributed by atoms with Gasteiger partial charge >= 0.3 is 0 Å². The van der Waals surface area contributed by atoms with Crippen LogP contribution in [-0.4, -0.2) is 19.1 Å². The fourth-order valence-electron chi connectivity index (χ4n) is 1.10. The Morgan fingerprint density at radius 1 is 1.33 bits per heavy atom. The summed E-state index contributed by atoms with van der Waals surface area (Å²) in [5.41, 5.74) is 0. The van der Waals surface area contributed by atoms with Crippen molar-refractivity contribution >= 4 is 41.6 Å². The smallest absolute Gasteiger partial charge is 0.290 e. The van der Waals surface area contributed by atoms with Gasteiger partial charge in [-0.2, -0.15) is 0 Å². The quantitative estimate of drug-likeness (QED) is 0.849. The Hall–Kier alpha value is -0.640. The molecular weight excluding hydrogens is 258 g/mol. The highest BCUT2D eigenvalue weighted by molar-refractivity contribution is 6.34. The van der Waals surface area contributed by atoms with Crippen molar-refractivity contribution in [2.45, 2.75) is 0 Å². The molecule has 1 heterocycles. The molecule has 1 N–H and O–H groups in total. The van der Waals surface area contributed by atoms with E-state index in [1.54, 1.807) is 18.2 Å². The number of nitrogens with zero attached hydrogens (tertiary/aromatic N) is 1. The fraction of sp³-hybridized carbons (Fsp3) is 0.222. The number of rotatable bonds is 1. The van der Waals surface area contributed by atoms with Crippen LogP contribution in [0, 0.1) is 0 Å². The van der Waals surface area contributed by atoms with E-state index in [0.29, 0.717) is 21.8 Å². The zero-order valence-corrected chi connectivity index (χ0v) is 9.99. The number of aliphatic imine (C=N–C) groups is 1. The van der Waals surface area contributed by atoms with Crippen molar-refractivity contribution < 1.29 is 4.74 Å². The molecule has 0 radical (unpaired) electrons. The Bertz CT molecular complexity index is 382. The third-order valence-corrected chi connectivity index (χ3v) is 2.29. The zero-order chi connectivity index (χ0) is 9.97. The van der Waals surface area contributed by atoms with Gasteiger partial charge in [0.25, 0.3) is 6.02 Å². The van der Waals surface area contributed by atoms with Crippen LogP contribution in [0.15, 0.2) is 23.2 Å². The Kier molecular flexibility index (Phi) is 4.51. The molecular formula is C9H9Cl3N2O. The summed E-state index contributed by atoms with van der Waals surface area (Å²) in [4.78, 5) is 4.08. The van der Waals surface area contributed by atoms with Crippen LogP contribution < -0.4 is 10.1 Å². The largest absolute Gasteiger partial charge is 0.424 e. The van der Waals surface area contributed by atoms with Gasteiger partial charge in [0, 0.05) is 17.6 Å². The van der Waals surface area contributed by atoms with Crippen LogP contribution in [0.1, 0.15) is 0 Å². The van der Waals surface area contributed by atoms with Crippen LogP contribution in [0.5, 0.6) is 5.75 Å². The molecule has 0 aromatic heterocycles. The molecule has 1 aliphatic heterocycles. The molecule has 1 aliphatic rings. The summed E-state index contributed by atoms with van der Waals surface area (Å²) in [7, 11) is 0. The lowest BCUT2D eigenvalue weighted by Gasteiger charge is -2.07. The highest BCUT2D eigenvalue weighted by Gasteiger charge is 2.10. The van der Waals surface area contributed by atoms with Crippen molar-refractivity contribution in [1.29, 1.82) is 0 Å². The maximum absolute atomic E-state index is 5.91. The Morgan fingerprint density at radius 2 is 2.13 bits per heavy atom. The van der Waals surface area contributed by atoms with Crippen LogP contribution in [-0.2, 0) is 0 Å². The van der Waals surface area contributed by atoms with Crippen LogP contribution in [0.2, 0.25) is 10.0 Å². The van der Waals surface area contributed by atoms with Crippen LogP contribution >= 0.6 is 35.6 Å². The topological polar surface area (TPSA) is 33.6 Å². The lowest BCUT2D eigenvalue weighted by atomic mass is 10.3. The fourth-order valence-corrected chi connectivity index (χ4v) is 1.42. The highest BCUT2D eigenvalue weighted by atomic mass is 35.5. The molecule has 0 fully saturated rings. The lowest BCUT2D eigenvalue weighted by molar-refractivity contribution is 0.530. The number of nitrogens with one attached hydrogen (secondary N) is 1. The van der Waals surface area contributed by atoms with E-state index < -0.39 is 0 Å². The van der Waals surface area contributed by atoms with E-state index in [1.165, 1.54) is 0 Å². The Morgan fingerprint density at radius 3 is 2.80 bits per heavy atom. The van der Waals surface area contributed by atoms with E-state index >= 15 is 0 Å². The molecule has 0 bridgehead atoms. The highest BCUT2D eigenvalue weighted by Crippen LogP contribution is 2.27. The average molecular weight is 268 g/mol. The summed E-state index contributed by atoms with van der Waals surface area (Å²) in [6.45, 7) is 1.53. The predicted molar refractivity (Wildman–Crippen MR) is 64.6 cm³/mol. The molecule has 6 heteroatoms. The van der Waals surface area contributed by atoms with Crippen molar-refractivity contribution in [3.05, 3.63) is 28.2 Å². The number of halogens is 3. The SMILES string of the molecule is Cl.Clc1ccc(Cl)c(OC2=NCCN2)c1. The summed E-state index contributed by atoms with van der Waals surface area (Å²) in [6.07, 6.45) is 0. The van der Waals surface area contributed by atoms with Gasteiger partial charge in [-0.15, -0.1) is 12.4 Å². The first kappa shape index (κ1) is 12.4. The van der Waals surface area contributed by atoms with Crippen molar-refractivity contribution in [2.75, 3.05) is 13.1 Å². The lowest BCUT2D eigenvalue weighted by Crippen LogP contribution is -2.24. The summed E-state index contributed by atoms with van der Waals surface area (Å²) < 4.78 is 5.41. The van der Waals surface area contributed by atoms with Crippen molar-refractivity contribution in [2.24, 2.45) is 4.99 Å². The molecule has 82 valence electrons. The molecule has 1 aromatic carbocycles. The molecule has 1 aromatic rings. The van der Waals surface area contributed by atoms with Gasteiger partial charge < -0.3 is 10.1 Å². The van der Waals surface area contributed by atoms with Gasteiger partial charge in [0.15, 0.2) is 5.75 Å². The normalized spacial score (nSPS) is 13.9. The van der Waals surface area contributed by atoms with Crippen LogP contribution in [0.25, 0.3) is 0 Å². The molecule has 0 unspecified atom stereocenters. The molecule has 3 nitrogen and oxygen atoms in total. The Labute approximate surface area is 104 Å². The monoisotopic (exact) mass is 266 g/mol. The third kappa shape index (κ3) is 3.16. The van der Waals surface area contributed by atoms with Crippen LogP contribution in [0.3, 0.4) is 0 Å². The molecule has 0 saturated carbocycles. The van der Waals surface area contributed by atoms with E-state index in [9.17, 15) is 0 Å². The molecule has 0 saturated heterocycles. The maximum Gasteiger partial charge on any atom is 0.290 e. The van der Waals surface area contributed by atoms with Crippen molar-refractivity contribution in [1.82, 2.24) is 5.32 Å². The maximum atomic E-state index is 5.91. The van der Waals surface area contributed by atoms with Gasteiger partial charge in [0.05, 0.1) is 11.6 Å². The molecule has 0 spiro atoms. The number of amidine groups is 1. The first-order valence-electron chi connectivity index (χ1n) is 4.17. The minimum atomic E-state index is 0. The summed E-state index contributed by atoms with van der Waals surface area (Å²) >= 11 is 11.7. The Balaban J connectivity index is 0.00000112. The van der Waals surface area contributed by atoms with Gasteiger partial charge in [0.2, 0.25) is 0 Å². The van der Waals surface area contributed by atoms with E-state index in [2.05, 4.69) is 10.3 Å². The second-order valence-corrected chi connectivity index (χ2v) is 3.63. The predicted octanol–water partition coefficient (Wildman–Crippen LogP) is 2.75. The van der Waals surface area contributed by atoms with Gasteiger partial charge in [-0.3, -0.25) is 0 Å². The zero-order valence-electron chi connectivity index (χ0n) is 7.67. The van der Waals surface area contributed by atoms with Crippen LogP contribution in [0.4, 0.5) is 0 Å². The molecule has 0 aliphatic carbocycles. The number of benzene rings is 1. The molecule has 0 atom stereocenters. The number of hydrogen-bond acceptors (Lipinski definition) is 3. The average Bonchev–Trinajstić information content (AvgIpc) is 2.64. The van der Waals surface area contributed by atoms with E-state index in [1.807, 2.05) is 0 Å². The molecule has 15 heavy (non-hydrogen) atoms. The molecule has 0 amide bonds. The second kappa shape index (κ2) is 5.45. The van der Waals surface area contributed by atoms with E-state index in [4.69, 9.17) is 27.9 Å². The summed E-state index contributed by atoms with van der Waals surface area (Å²) in [5, 5.41) is 4.08. The minimum Gasteiger partial charge on any atom is -0.424 e. The second-order valence-electron chi connectivity index (χ2n) is 2.79.